The highest BCUT2D eigenvalue weighted by molar-refractivity contribution is 7.92. The van der Waals surface area contributed by atoms with Gasteiger partial charge in [-0.25, -0.2) is 8.42 Å². The van der Waals surface area contributed by atoms with Gasteiger partial charge in [0, 0.05) is 13.1 Å². The summed E-state index contributed by atoms with van der Waals surface area (Å²) in [6.07, 6.45) is 2.91. The highest BCUT2D eigenvalue weighted by Gasteiger charge is 2.33. The molecule has 0 radical (unpaired) electrons. The summed E-state index contributed by atoms with van der Waals surface area (Å²) in [6.45, 7) is 6.05. The summed E-state index contributed by atoms with van der Waals surface area (Å²) in [6, 6.07) is 21.7. The number of ether oxygens (including phenoxy) is 1. The first-order valence-corrected chi connectivity index (χ1v) is 15.6. The Balaban J connectivity index is 2.03. The molecule has 0 aromatic heterocycles. The van der Waals surface area contributed by atoms with Crippen LogP contribution in [0.2, 0.25) is 0 Å². The van der Waals surface area contributed by atoms with Gasteiger partial charge < -0.3 is 15.0 Å². The van der Waals surface area contributed by atoms with E-state index in [2.05, 4.69) is 5.32 Å². The highest BCUT2D eigenvalue weighted by atomic mass is 32.2. The molecular formula is C32H41N3O5S. The number of hydrogen-bond acceptors (Lipinski definition) is 5. The van der Waals surface area contributed by atoms with Gasteiger partial charge in [-0.1, -0.05) is 69.7 Å². The van der Waals surface area contributed by atoms with Gasteiger partial charge in [-0.3, -0.25) is 13.9 Å². The molecule has 1 N–H and O–H groups in total. The maximum atomic E-state index is 14.1. The fourth-order valence-electron chi connectivity index (χ4n) is 4.54. The van der Waals surface area contributed by atoms with Crippen LogP contribution in [0.15, 0.2) is 83.8 Å². The number of aryl methyl sites for hydroxylation is 1. The standard InChI is InChI=1S/C32H41N3O5S/c1-5-8-21-33-32(37)30(7-3)34(23-26-13-12-14-28(22-26)40-4)31(36)24-35(27-19-17-25(6-2)18-20-27)41(38,39)29-15-10-9-11-16-29/h9-20,22,30H,5-8,21,23-24H2,1-4H3,(H,33,37)/t30-/m1/s1. The average Bonchev–Trinajstić information content (AvgIpc) is 3.00. The van der Waals surface area contributed by atoms with Crippen LogP contribution in [-0.4, -0.2) is 51.4 Å². The van der Waals surface area contributed by atoms with Crippen LogP contribution in [0.25, 0.3) is 0 Å². The number of benzene rings is 3. The van der Waals surface area contributed by atoms with Gasteiger partial charge >= 0.3 is 0 Å². The van der Waals surface area contributed by atoms with Crippen molar-refractivity contribution in [2.45, 2.75) is 63.9 Å². The third kappa shape index (κ3) is 8.33. The van der Waals surface area contributed by atoms with Gasteiger partial charge in [0.2, 0.25) is 11.8 Å². The molecule has 8 nitrogen and oxygen atoms in total. The number of nitrogens with one attached hydrogen (secondary N) is 1. The van der Waals surface area contributed by atoms with Crippen LogP contribution in [0, 0.1) is 0 Å². The molecule has 3 aromatic rings. The Hall–Kier alpha value is -3.85. The third-order valence-electron chi connectivity index (χ3n) is 6.95. The van der Waals surface area contributed by atoms with Gasteiger partial charge in [0.05, 0.1) is 17.7 Å². The molecule has 2 amide bonds. The molecule has 0 fully saturated rings. The van der Waals surface area contributed by atoms with E-state index in [4.69, 9.17) is 4.74 Å². The van der Waals surface area contributed by atoms with E-state index < -0.39 is 28.5 Å². The lowest BCUT2D eigenvalue weighted by Crippen LogP contribution is -2.52. The van der Waals surface area contributed by atoms with Gasteiger partial charge in [-0.2, -0.15) is 0 Å². The van der Waals surface area contributed by atoms with Crippen LogP contribution in [0.5, 0.6) is 5.75 Å². The number of anilines is 1. The molecule has 3 aromatic carbocycles. The summed E-state index contributed by atoms with van der Waals surface area (Å²) in [4.78, 5) is 29.0. The second-order valence-electron chi connectivity index (χ2n) is 9.79. The fraction of sp³-hybridized carbons (Fsp3) is 0.375. The number of carbonyl (C=O) groups is 2. The number of hydrogen-bond donors (Lipinski definition) is 1. The van der Waals surface area contributed by atoms with E-state index in [-0.39, 0.29) is 17.3 Å². The van der Waals surface area contributed by atoms with Gasteiger partial charge in [0.1, 0.15) is 18.3 Å². The molecule has 3 rings (SSSR count). The Morgan fingerprint density at radius 2 is 1.61 bits per heavy atom. The summed E-state index contributed by atoms with van der Waals surface area (Å²) >= 11 is 0. The van der Waals surface area contributed by atoms with Gasteiger partial charge in [-0.05, 0) is 66.8 Å². The van der Waals surface area contributed by atoms with Crippen LogP contribution < -0.4 is 14.4 Å². The van der Waals surface area contributed by atoms with E-state index >= 15 is 0 Å². The summed E-state index contributed by atoms with van der Waals surface area (Å²) < 4.78 is 34.3. The third-order valence-corrected chi connectivity index (χ3v) is 8.73. The topological polar surface area (TPSA) is 96.0 Å². The number of unbranched alkanes of at least 4 members (excludes halogenated alkanes) is 1. The van der Waals surface area contributed by atoms with Crippen molar-refractivity contribution in [1.29, 1.82) is 0 Å². The second-order valence-corrected chi connectivity index (χ2v) is 11.6. The zero-order chi connectivity index (χ0) is 29.8. The Kier molecular flexibility index (Phi) is 11.8. The van der Waals surface area contributed by atoms with E-state index in [1.165, 1.54) is 17.0 Å². The summed E-state index contributed by atoms with van der Waals surface area (Å²) in [5, 5.41) is 2.94. The SMILES string of the molecule is CCCCNC(=O)[C@@H](CC)N(Cc1cccc(OC)c1)C(=O)CN(c1ccc(CC)cc1)S(=O)(=O)c1ccccc1. The minimum Gasteiger partial charge on any atom is -0.497 e. The minimum atomic E-state index is -4.09. The first kappa shape index (κ1) is 31.7. The Morgan fingerprint density at radius 1 is 0.902 bits per heavy atom. The summed E-state index contributed by atoms with van der Waals surface area (Å²) in [7, 11) is -2.53. The van der Waals surface area contributed by atoms with Crippen LogP contribution in [-0.2, 0) is 32.6 Å². The summed E-state index contributed by atoms with van der Waals surface area (Å²) in [5.74, 6) is -0.119. The Labute approximate surface area is 244 Å². The number of rotatable bonds is 15. The maximum Gasteiger partial charge on any atom is 0.264 e. The van der Waals surface area contributed by atoms with Crippen LogP contribution in [0.4, 0.5) is 5.69 Å². The molecule has 41 heavy (non-hydrogen) atoms. The largest absolute Gasteiger partial charge is 0.497 e. The average molecular weight is 580 g/mol. The molecule has 0 heterocycles. The molecule has 0 aliphatic carbocycles. The van der Waals surface area contributed by atoms with Crippen LogP contribution in [0.3, 0.4) is 0 Å². The van der Waals surface area contributed by atoms with Crippen molar-refractivity contribution in [3.05, 3.63) is 90.0 Å². The van der Waals surface area contributed by atoms with Gasteiger partial charge in [-0.15, -0.1) is 0 Å². The minimum absolute atomic E-state index is 0.0797. The summed E-state index contributed by atoms with van der Waals surface area (Å²) in [5.41, 5.74) is 2.19. The number of sulfonamides is 1. The lowest BCUT2D eigenvalue weighted by Gasteiger charge is -2.33. The first-order chi connectivity index (χ1) is 19.7. The molecular weight excluding hydrogens is 538 g/mol. The number of methoxy groups -OCH3 is 1. The van der Waals surface area contributed by atoms with Crippen LogP contribution in [0.1, 0.15) is 51.2 Å². The molecule has 0 saturated heterocycles. The number of amides is 2. The van der Waals surface area contributed by atoms with Crippen molar-refractivity contribution in [3.63, 3.8) is 0 Å². The maximum absolute atomic E-state index is 14.1. The Bertz CT molecular complexity index is 1380. The highest BCUT2D eigenvalue weighted by Crippen LogP contribution is 2.26. The predicted octanol–water partition coefficient (Wildman–Crippen LogP) is 5.18. The van der Waals surface area contributed by atoms with E-state index in [1.54, 1.807) is 43.5 Å². The van der Waals surface area contributed by atoms with Crippen molar-refractivity contribution in [2.24, 2.45) is 0 Å². The van der Waals surface area contributed by atoms with E-state index in [0.717, 1.165) is 34.7 Å². The zero-order valence-corrected chi connectivity index (χ0v) is 25.2. The monoisotopic (exact) mass is 579 g/mol. The quantitative estimate of drug-likeness (QED) is 0.251. The lowest BCUT2D eigenvalue weighted by molar-refractivity contribution is -0.140. The first-order valence-electron chi connectivity index (χ1n) is 14.1. The molecule has 0 saturated carbocycles. The smallest absolute Gasteiger partial charge is 0.264 e. The van der Waals surface area contributed by atoms with Crippen molar-refractivity contribution in [2.75, 3.05) is 24.5 Å². The normalized spacial score (nSPS) is 11.9. The number of nitrogens with zero attached hydrogens (tertiary/aromatic N) is 2. The number of carbonyl (C=O) groups excluding carboxylic acids is 2. The Morgan fingerprint density at radius 3 is 2.22 bits per heavy atom. The van der Waals surface area contributed by atoms with E-state index in [0.29, 0.717) is 24.4 Å². The molecule has 0 aliphatic heterocycles. The molecule has 0 spiro atoms. The van der Waals surface area contributed by atoms with Crippen molar-refractivity contribution in [1.82, 2.24) is 10.2 Å². The second kappa shape index (κ2) is 15.2. The van der Waals surface area contributed by atoms with E-state index in [9.17, 15) is 18.0 Å². The molecule has 9 heteroatoms. The van der Waals surface area contributed by atoms with Crippen LogP contribution >= 0.6 is 0 Å². The lowest BCUT2D eigenvalue weighted by atomic mass is 10.1. The van der Waals surface area contributed by atoms with Gasteiger partial charge in [0.25, 0.3) is 10.0 Å². The molecule has 0 unspecified atom stereocenters. The van der Waals surface area contributed by atoms with Crippen molar-refractivity contribution < 1.29 is 22.7 Å². The molecule has 0 bridgehead atoms. The van der Waals surface area contributed by atoms with Crippen molar-refractivity contribution in [3.8, 4) is 5.75 Å². The zero-order valence-electron chi connectivity index (χ0n) is 24.4. The fourth-order valence-corrected chi connectivity index (χ4v) is 5.97. The predicted molar refractivity (Wildman–Crippen MR) is 162 cm³/mol. The molecule has 0 aliphatic rings. The van der Waals surface area contributed by atoms with Gasteiger partial charge in [0.15, 0.2) is 0 Å². The van der Waals surface area contributed by atoms with E-state index in [1.807, 2.05) is 51.1 Å². The molecule has 1 atom stereocenters. The van der Waals surface area contributed by atoms with Crippen molar-refractivity contribution >= 4 is 27.5 Å². The molecule has 220 valence electrons.